The van der Waals surface area contributed by atoms with E-state index >= 15 is 0 Å². The Morgan fingerprint density at radius 2 is 1.76 bits per heavy atom. The lowest BCUT2D eigenvalue weighted by Crippen LogP contribution is -2.41. The molecule has 0 radical (unpaired) electrons. The van der Waals surface area contributed by atoms with Crippen molar-refractivity contribution in [2.45, 2.75) is 33.6 Å². The molecule has 0 saturated carbocycles. The standard InChI is InChI=1S/C16H23N3O2/c1-5-19(6-2)16(21)15(20)18-17-11-13-7-9-14(10-8-13)12(3)4/h7-12H,5-6H2,1-4H3,(H,18,20)/b17-11-. The van der Waals surface area contributed by atoms with Gasteiger partial charge in [0.05, 0.1) is 6.21 Å². The normalized spacial score (nSPS) is 10.9. The Labute approximate surface area is 126 Å². The molecule has 1 N–H and O–H groups in total. The number of nitrogens with zero attached hydrogens (tertiary/aromatic N) is 2. The number of hydrazone groups is 1. The Balaban J connectivity index is 2.58. The molecule has 2 amide bonds. The van der Waals surface area contributed by atoms with E-state index < -0.39 is 11.8 Å². The average Bonchev–Trinajstić information content (AvgIpc) is 2.48. The van der Waals surface area contributed by atoms with Gasteiger partial charge in [-0.15, -0.1) is 0 Å². The topological polar surface area (TPSA) is 61.8 Å². The molecule has 0 heterocycles. The number of carbonyl (C=O) groups excluding carboxylic acids is 2. The molecule has 21 heavy (non-hydrogen) atoms. The molecule has 0 fully saturated rings. The summed E-state index contributed by atoms with van der Waals surface area (Å²) < 4.78 is 0. The number of nitrogens with one attached hydrogen (secondary N) is 1. The maximum absolute atomic E-state index is 11.7. The highest BCUT2D eigenvalue weighted by molar-refractivity contribution is 6.34. The number of benzene rings is 1. The first-order chi connectivity index (χ1) is 9.99. The first-order valence-corrected chi connectivity index (χ1v) is 7.21. The second-order valence-corrected chi connectivity index (χ2v) is 5.00. The Hall–Kier alpha value is -2.17. The van der Waals surface area contributed by atoms with Crippen LogP contribution in [0.25, 0.3) is 0 Å². The van der Waals surface area contributed by atoms with E-state index in [0.29, 0.717) is 19.0 Å². The van der Waals surface area contributed by atoms with Gasteiger partial charge in [0.1, 0.15) is 0 Å². The van der Waals surface area contributed by atoms with Crippen molar-refractivity contribution >= 4 is 18.0 Å². The van der Waals surface area contributed by atoms with Crippen LogP contribution in [0.5, 0.6) is 0 Å². The van der Waals surface area contributed by atoms with E-state index in [9.17, 15) is 9.59 Å². The number of hydrogen-bond donors (Lipinski definition) is 1. The van der Waals surface area contributed by atoms with Gasteiger partial charge in [-0.3, -0.25) is 9.59 Å². The largest absolute Gasteiger partial charge is 0.335 e. The molecule has 5 nitrogen and oxygen atoms in total. The van der Waals surface area contributed by atoms with Crippen LogP contribution in [0.2, 0.25) is 0 Å². The van der Waals surface area contributed by atoms with E-state index in [1.165, 1.54) is 16.7 Å². The summed E-state index contributed by atoms with van der Waals surface area (Å²) in [6.07, 6.45) is 1.53. The molecule has 0 bridgehead atoms. The van der Waals surface area contributed by atoms with Gasteiger partial charge in [-0.25, -0.2) is 5.43 Å². The summed E-state index contributed by atoms with van der Waals surface area (Å²) in [5, 5.41) is 3.82. The number of carbonyl (C=O) groups is 2. The van der Waals surface area contributed by atoms with Crippen LogP contribution in [0.1, 0.15) is 44.7 Å². The van der Waals surface area contributed by atoms with Crippen molar-refractivity contribution in [1.82, 2.24) is 10.3 Å². The van der Waals surface area contributed by atoms with Crippen molar-refractivity contribution in [3.63, 3.8) is 0 Å². The number of rotatable bonds is 5. The fourth-order valence-electron chi connectivity index (χ4n) is 1.83. The number of likely N-dealkylation sites (N-methyl/N-ethyl adjacent to an activating group) is 1. The van der Waals surface area contributed by atoms with Crippen LogP contribution >= 0.6 is 0 Å². The van der Waals surface area contributed by atoms with Gasteiger partial charge in [0, 0.05) is 13.1 Å². The Morgan fingerprint density at radius 1 is 1.19 bits per heavy atom. The van der Waals surface area contributed by atoms with Crippen LogP contribution in [-0.2, 0) is 9.59 Å². The van der Waals surface area contributed by atoms with E-state index in [1.807, 2.05) is 38.1 Å². The Morgan fingerprint density at radius 3 is 2.24 bits per heavy atom. The molecule has 0 atom stereocenters. The summed E-state index contributed by atoms with van der Waals surface area (Å²) >= 11 is 0. The van der Waals surface area contributed by atoms with Gasteiger partial charge in [-0.1, -0.05) is 38.1 Å². The van der Waals surface area contributed by atoms with Crippen LogP contribution in [-0.4, -0.2) is 36.0 Å². The van der Waals surface area contributed by atoms with Gasteiger partial charge >= 0.3 is 11.8 Å². The van der Waals surface area contributed by atoms with Crippen LogP contribution in [0.3, 0.4) is 0 Å². The van der Waals surface area contributed by atoms with Crippen molar-refractivity contribution in [2.24, 2.45) is 5.10 Å². The fourth-order valence-corrected chi connectivity index (χ4v) is 1.83. The van der Waals surface area contributed by atoms with Gasteiger partial charge in [-0.2, -0.15) is 5.10 Å². The lowest BCUT2D eigenvalue weighted by atomic mass is 10.0. The SMILES string of the molecule is CCN(CC)C(=O)C(=O)N/N=C\c1ccc(C(C)C)cc1. The summed E-state index contributed by atoms with van der Waals surface area (Å²) in [5.41, 5.74) is 4.37. The average molecular weight is 289 g/mol. The van der Waals surface area contributed by atoms with E-state index in [0.717, 1.165) is 5.56 Å². The van der Waals surface area contributed by atoms with Crippen molar-refractivity contribution < 1.29 is 9.59 Å². The van der Waals surface area contributed by atoms with E-state index in [1.54, 1.807) is 0 Å². The molecular weight excluding hydrogens is 266 g/mol. The molecule has 0 aliphatic heterocycles. The summed E-state index contributed by atoms with van der Waals surface area (Å²) in [5.74, 6) is -0.802. The van der Waals surface area contributed by atoms with Crippen molar-refractivity contribution in [3.05, 3.63) is 35.4 Å². The lowest BCUT2D eigenvalue weighted by molar-refractivity contribution is -0.145. The highest BCUT2D eigenvalue weighted by Crippen LogP contribution is 2.13. The predicted octanol–water partition coefficient (Wildman–Crippen LogP) is 2.13. The van der Waals surface area contributed by atoms with Crippen molar-refractivity contribution in [2.75, 3.05) is 13.1 Å². The molecule has 0 spiro atoms. The maximum atomic E-state index is 11.7. The first kappa shape index (κ1) is 16.9. The molecule has 0 aromatic heterocycles. The zero-order chi connectivity index (χ0) is 15.8. The Kier molecular flexibility index (Phi) is 6.59. The fraction of sp³-hybridized carbons (Fsp3) is 0.438. The van der Waals surface area contributed by atoms with E-state index in [4.69, 9.17) is 0 Å². The second kappa shape index (κ2) is 8.19. The smallest absolute Gasteiger partial charge is 0.329 e. The molecule has 114 valence electrons. The first-order valence-electron chi connectivity index (χ1n) is 7.21. The van der Waals surface area contributed by atoms with E-state index in [2.05, 4.69) is 24.4 Å². The molecule has 5 heteroatoms. The van der Waals surface area contributed by atoms with Crippen LogP contribution < -0.4 is 5.43 Å². The monoisotopic (exact) mass is 289 g/mol. The maximum Gasteiger partial charge on any atom is 0.329 e. The molecule has 0 saturated heterocycles. The third-order valence-corrected chi connectivity index (χ3v) is 3.23. The molecule has 1 aromatic carbocycles. The third-order valence-electron chi connectivity index (χ3n) is 3.23. The number of amides is 2. The predicted molar refractivity (Wildman–Crippen MR) is 84.2 cm³/mol. The van der Waals surface area contributed by atoms with Crippen LogP contribution in [0, 0.1) is 0 Å². The van der Waals surface area contributed by atoms with Crippen molar-refractivity contribution in [3.8, 4) is 0 Å². The molecule has 1 aromatic rings. The highest BCUT2D eigenvalue weighted by Gasteiger charge is 2.18. The second-order valence-electron chi connectivity index (χ2n) is 5.00. The van der Waals surface area contributed by atoms with Gasteiger partial charge in [0.25, 0.3) is 0 Å². The zero-order valence-electron chi connectivity index (χ0n) is 13.1. The summed E-state index contributed by atoms with van der Waals surface area (Å²) in [4.78, 5) is 24.8. The van der Waals surface area contributed by atoms with E-state index in [-0.39, 0.29) is 0 Å². The van der Waals surface area contributed by atoms with Gasteiger partial charge in [-0.05, 0) is 30.9 Å². The zero-order valence-corrected chi connectivity index (χ0v) is 13.1. The molecule has 1 rings (SSSR count). The van der Waals surface area contributed by atoms with Crippen LogP contribution in [0.4, 0.5) is 0 Å². The highest BCUT2D eigenvalue weighted by atomic mass is 16.2. The van der Waals surface area contributed by atoms with Crippen molar-refractivity contribution in [1.29, 1.82) is 0 Å². The molecule has 0 aliphatic carbocycles. The number of hydrogen-bond acceptors (Lipinski definition) is 3. The minimum atomic E-state index is -0.714. The summed E-state index contributed by atoms with van der Waals surface area (Å²) in [7, 11) is 0. The minimum Gasteiger partial charge on any atom is -0.335 e. The lowest BCUT2D eigenvalue weighted by Gasteiger charge is -2.16. The summed E-state index contributed by atoms with van der Waals surface area (Å²) in [6, 6.07) is 7.90. The minimum absolute atomic E-state index is 0.474. The van der Waals surface area contributed by atoms with Crippen LogP contribution in [0.15, 0.2) is 29.4 Å². The van der Waals surface area contributed by atoms with Gasteiger partial charge in [0.2, 0.25) is 0 Å². The molecular formula is C16H23N3O2. The van der Waals surface area contributed by atoms with Gasteiger partial charge < -0.3 is 4.90 Å². The Bertz CT molecular complexity index is 503. The molecule has 0 unspecified atom stereocenters. The third kappa shape index (κ3) is 5.02. The summed E-state index contributed by atoms with van der Waals surface area (Å²) in [6.45, 7) is 8.92. The molecule has 0 aliphatic rings. The van der Waals surface area contributed by atoms with Gasteiger partial charge in [0.15, 0.2) is 0 Å². The quantitative estimate of drug-likeness (QED) is 0.513.